The van der Waals surface area contributed by atoms with E-state index in [2.05, 4.69) is 25.4 Å². The number of sulfonamides is 1. The van der Waals surface area contributed by atoms with Gasteiger partial charge in [0.05, 0.1) is 0 Å². The molecule has 3 aromatic heterocycles. The van der Waals surface area contributed by atoms with Gasteiger partial charge in [-0.1, -0.05) is 11.2 Å². The Morgan fingerprint density at radius 2 is 1.83 bits per heavy atom. The highest BCUT2D eigenvalue weighted by atomic mass is 32.2. The van der Waals surface area contributed by atoms with Gasteiger partial charge in [0.25, 0.3) is 0 Å². The quantitative estimate of drug-likeness (QED) is 0.678. The van der Waals surface area contributed by atoms with E-state index in [1.54, 1.807) is 32.3 Å². The van der Waals surface area contributed by atoms with Crippen LogP contribution in [0.5, 0.6) is 0 Å². The van der Waals surface area contributed by atoms with E-state index >= 15 is 0 Å². The molecule has 4 rings (SSSR count). The molecule has 4 heterocycles. The Bertz CT molecular complexity index is 1070. The highest BCUT2D eigenvalue weighted by molar-refractivity contribution is 7.89. The second-order valence-electron chi connectivity index (χ2n) is 6.98. The summed E-state index contributed by atoms with van der Waals surface area (Å²) >= 11 is 0. The Labute approximate surface area is 169 Å². The fourth-order valence-electron chi connectivity index (χ4n) is 3.59. The zero-order valence-corrected chi connectivity index (χ0v) is 17.1. The lowest BCUT2D eigenvalue weighted by molar-refractivity contribution is 0.316. The summed E-state index contributed by atoms with van der Waals surface area (Å²) in [4.78, 5) is 13.1. The van der Waals surface area contributed by atoms with Gasteiger partial charge in [0.1, 0.15) is 16.4 Å². The Morgan fingerprint density at radius 3 is 2.48 bits per heavy atom. The van der Waals surface area contributed by atoms with Crippen LogP contribution in [0, 0.1) is 13.8 Å². The normalized spacial score (nSPS) is 16.1. The van der Waals surface area contributed by atoms with E-state index in [1.165, 1.54) is 4.31 Å². The third kappa shape index (κ3) is 3.99. The van der Waals surface area contributed by atoms with E-state index in [1.807, 2.05) is 18.2 Å². The molecule has 0 bridgehead atoms. The molecule has 0 saturated carbocycles. The average Bonchev–Trinajstić information content (AvgIpc) is 3.08. The van der Waals surface area contributed by atoms with Gasteiger partial charge in [0.15, 0.2) is 5.76 Å². The zero-order valence-electron chi connectivity index (χ0n) is 16.2. The Balaban J connectivity index is 1.45. The maximum atomic E-state index is 13.0. The number of aromatic nitrogens is 4. The maximum absolute atomic E-state index is 13.0. The van der Waals surface area contributed by atoms with Crippen molar-refractivity contribution in [2.45, 2.75) is 37.5 Å². The number of anilines is 2. The molecule has 0 spiro atoms. The van der Waals surface area contributed by atoms with Crippen LogP contribution < -0.4 is 5.32 Å². The fraction of sp³-hybridized carbons (Fsp3) is 0.368. The van der Waals surface area contributed by atoms with Crippen molar-refractivity contribution in [3.63, 3.8) is 0 Å². The first-order valence-corrected chi connectivity index (χ1v) is 10.8. The van der Waals surface area contributed by atoms with Gasteiger partial charge in [-0.3, -0.25) is 0 Å². The molecule has 1 N–H and O–H groups in total. The molecule has 0 radical (unpaired) electrons. The summed E-state index contributed by atoms with van der Waals surface area (Å²) in [6, 6.07) is 7.51. The van der Waals surface area contributed by atoms with Crippen molar-refractivity contribution in [2.24, 2.45) is 0 Å². The molecule has 0 aromatic carbocycles. The zero-order chi connectivity index (χ0) is 20.4. The standard InChI is InChI=1S/C19H22N6O3S/c1-13-18(14(2)28-24-13)29(26,27)25-11-7-15(8-12-25)16-5-3-6-17(22-16)23-19-20-9-4-10-21-19/h3-6,9-10,15H,7-8,11-12H2,1-2H3,(H,20,21,22,23). The first kappa shape index (κ1) is 19.5. The minimum atomic E-state index is -3.61. The molecule has 1 aliphatic heterocycles. The second-order valence-corrected chi connectivity index (χ2v) is 8.85. The van der Waals surface area contributed by atoms with Crippen LogP contribution in [0.15, 0.2) is 46.1 Å². The van der Waals surface area contributed by atoms with Crippen molar-refractivity contribution >= 4 is 21.8 Å². The number of aryl methyl sites for hydroxylation is 2. The minimum absolute atomic E-state index is 0.183. The lowest BCUT2D eigenvalue weighted by Crippen LogP contribution is -2.38. The van der Waals surface area contributed by atoms with E-state index in [0.717, 1.165) is 5.69 Å². The molecule has 0 atom stereocenters. The van der Waals surface area contributed by atoms with Crippen LogP contribution in [0.25, 0.3) is 0 Å². The van der Waals surface area contributed by atoms with E-state index in [0.29, 0.717) is 49.2 Å². The molecular formula is C19H22N6O3S. The van der Waals surface area contributed by atoms with Crippen LogP contribution in [0.1, 0.15) is 35.9 Å². The van der Waals surface area contributed by atoms with Crippen molar-refractivity contribution < 1.29 is 12.9 Å². The summed E-state index contributed by atoms with van der Waals surface area (Å²) in [6.07, 6.45) is 4.71. The van der Waals surface area contributed by atoms with Gasteiger partial charge in [-0.05, 0) is 44.9 Å². The van der Waals surface area contributed by atoms with Gasteiger partial charge in [-0.25, -0.2) is 23.4 Å². The molecule has 10 heteroatoms. The number of hydrogen-bond donors (Lipinski definition) is 1. The summed E-state index contributed by atoms with van der Waals surface area (Å²) in [5.41, 5.74) is 1.33. The molecule has 0 unspecified atom stereocenters. The number of piperidine rings is 1. The van der Waals surface area contributed by atoms with Crippen LogP contribution in [0.2, 0.25) is 0 Å². The Kier molecular flexibility index (Phi) is 5.29. The Hall–Kier alpha value is -2.85. The van der Waals surface area contributed by atoms with Crippen molar-refractivity contribution in [3.8, 4) is 0 Å². The van der Waals surface area contributed by atoms with E-state index in [-0.39, 0.29) is 10.8 Å². The van der Waals surface area contributed by atoms with Crippen LogP contribution in [-0.4, -0.2) is 45.9 Å². The number of rotatable bonds is 5. The van der Waals surface area contributed by atoms with Crippen molar-refractivity contribution in [1.29, 1.82) is 0 Å². The highest BCUT2D eigenvalue weighted by Crippen LogP contribution is 2.32. The smallest absolute Gasteiger partial charge is 0.248 e. The van der Waals surface area contributed by atoms with Gasteiger partial charge in [-0.15, -0.1) is 0 Å². The number of pyridine rings is 1. The van der Waals surface area contributed by atoms with Gasteiger partial charge < -0.3 is 9.84 Å². The first-order chi connectivity index (χ1) is 13.9. The summed E-state index contributed by atoms with van der Waals surface area (Å²) in [7, 11) is -3.61. The topological polar surface area (TPSA) is 114 Å². The second kappa shape index (κ2) is 7.88. The molecule has 9 nitrogen and oxygen atoms in total. The van der Waals surface area contributed by atoms with Gasteiger partial charge in [-0.2, -0.15) is 4.31 Å². The summed E-state index contributed by atoms with van der Waals surface area (Å²) in [5, 5.41) is 6.87. The summed E-state index contributed by atoms with van der Waals surface area (Å²) in [5.74, 6) is 1.66. The largest absolute Gasteiger partial charge is 0.360 e. The maximum Gasteiger partial charge on any atom is 0.248 e. The monoisotopic (exact) mass is 414 g/mol. The number of nitrogens with zero attached hydrogens (tertiary/aromatic N) is 5. The lowest BCUT2D eigenvalue weighted by atomic mass is 9.94. The predicted molar refractivity (Wildman–Crippen MR) is 106 cm³/mol. The van der Waals surface area contributed by atoms with Crippen molar-refractivity contribution in [3.05, 3.63) is 53.8 Å². The molecule has 1 fully saturated rings. The van der Waals surface area contributed by atoms with Crippen molar-refractivity contribution in [1.82, 2.24) is 24.4 Å². The lowest BCUT2D eigenvalue weighted by Gasteiger charge is -2.31. The molecule has 1 aliphatic rings. The summed E-state index contributed by atoms with van der Waals surface area (Å²) in [6.45, 7) is 4.13. The third-order valence-electron chi connectivity index (χ3n) is 5.01. The SMILES string of the molecule is Cc1noc(C)c1S(=O)(=O)N1CCC(c2cccc(Nc3ncccn3)n2)CC1. The van der Waals surface area contributed by atoms with Crippen LogP contribution in [-0.2, 0) is 10.0 Å². The van der Waals surface area contributed by atoms with Crippen LogP contribution >= 0.6 is 0 Å². The number of hydrogen-bond acceptors (Lipinski definition) is 8. The van der Waals surface area contributed by atoms with Gasteiger partial charge in [0.2, 0.25) is 16.0 Å². The van der Waals surface area contributed by atoms with Crippen molar-refractivity contribution in [2.75, 3.05) is 18.4 Å². The van der Waals surface area contributed by atoms with Crippen LogP contribution in [0.4, 0.5) is 11.8 Å². The minimum Gasteiger partial charge on any atom is -0.360 e. The number of nitrogens with one attached hydrogen (secondary N) is 1. The Morgan fingerprint density at radius 1 is 1.10 bits per heavy atom. The van der Waals surface area contributed by atoms with E-state index in [9.17, 15) is 8.42 Å². The fourth-order valence-corrected chi connectivity index (χ4v) is 5.35. The first-order valence-electron chi connectivity index (χ1n) is 9.39. The van der Waals surface area contributed by atoms with Gasteiger partial charge >= 0.3 is 0 Å². The molecule has 0 aliphatic carbocycles. The molecule has 0 amide bonds. The molecular weight excluding hydrogens is 392 g/mol. The average molecular weight is 414 g/mol. The molecule has 3 aromatic rings. The van der Waals surface area contributed by atoms with E-state index < -0.39 is 10.0 Å². The van der Waals surface area contributed by atoms with Crippen LogP contribution in [0.3, 0.4) is 0 Å². The predicted octanol–water partition coefficient (Wildman–Crippen LogP) is 2.79. The molecule has 152 valence electrons. The molecule has 1 saturated heterocycles. The van der Waals surface area contributed by atoms with E-state index in [4.69, 9.17) is 4.52 Å². The third-order valence-corrected chi connectivity index (χ3v) is 7.16. The van der Waals surface area contributed by atoms with Gasteiger partial charge in [0, 0.05) is 37.1 Å². The molecule has 29 heavy (non-hydrogen) atoms. The highest BCUT2D eigenvalue weighted by Gasteiger charge is 2.34. The summed E-state index contributed by atoms with van der Waals surface area (Å²) < 4.78 is 32.5.